The largest absolute Gasteiger partial charge is 0.497 e. The number of benzene rings is 3. The van der Waals surface area contributed by atoms with Crippen molar-refractivity contribution in [1.82, 2.24) is 10.2 Å². The molecule has 0 radical (unpaired) electrons. The van der Waals surface area contributed by atoms with Gasteiger partial charge in [-0.05, 0) is 61.4 Å². The van der Waals surface area contributed by atoms with Gasteiger partial charge < -0.3 is 15.0 Å². The van der Waals surface area contributed by atoms with Crippen LogP contribution < -0.4 is 14.4 Å². The number of nitrogens with one attached hydrogen (secondary N) is 1. The molecule has 39 heavy (non-hydrogen) atoms. The molecule has 0 fully saturated rings. The number of amides is 2. The standard InChI is InChI=1S/C29H34ClN3O5S/c1-21(2)31-29(35)27(18-22-9-6-5-7-10-22)32(19-23-11-8-12-26(17-23)38-3)28(34)20-33(39(4,36)37)25-15-13-24(30)14-16-25/h5-17,21,27H,18-20H2,1-4H3,(H,31,35)/t27-/m0/s1. The second kappa shape index (κ2) is 13.5. The Labute approximate surface area is 235 Å². The number of hydrogen-bond donors (Lipinski definition) is 1. The highest BCUT2D eigenvalue weighted by molar-refractivity contribution is 7.92. The number of anilines is 1. The van der Waals surface area contributed by atoms with Crippen molar-refractivity contribution >= 4 is 39.1 Å². The number of halogens is 1. The molecule has 0 aromatic heterocycles. The molecule has 0 spiro atoms. The Kier molecular flexibility index (Phi) is 10.4. The van der Waals surface area contributed by atoms with E-state index < -0.39 is 28.5 Å². The van der Waals surface area contributed by atoms with E-state index in [1.165, 1.54) is 17.0 Å². The van der Waals surface area contributed by atoms with Crippen molar-refractivity contribution in [3.05, 3.63) is 95.0 Å². The first-order chi connectivity index (χ1) is 18.5. The van der Waals surface area contributed by atoms with Gasteiger partial charge >= 0.3 is 0 Å². The summed E-state index contributed by atoms with van der Waals surface area (Å²) in [5.74, 6) is -0.259. The Bertz CT molecular complexity index is 1370. The van der Waals surface area contributed by atoms with Gasteiger partial charge in [0, 0.05) is 24.0 Å². The van der Waals surface area contributed by atoms with Gasteiger partial charge in [0.25, 0.3) is 0 Å². The molecule has 0 saturated carbocycles. The number of carbonyl (C=O) groups is 2. The number of ether oxygens (including phenoxy) is 1. The summed E-state index contributed by atoms with van der Waals surface area (Å²) in [5.41, 5.74) is 1.89. The molecule has 0 unspecified atom stereocenters. The van der Waals surface area contributed by atoms with Crippen molar-refractivity contribution in [2.75, 3.05) is 24.2 Å². The molecule has 3 aromatic rings. The normalized spacial score (nSPS) is 12.1. The molecule has 1 N–H and O–H groups in total. The van der Waals surface area contributed by atoms with E-state index in [-0.39, 0.29) is 24.9 Å². The van der Waals surface area contributed by atoms with Gasteiger partial charge in [0.05, 0.1) is 19.1 Å². The molecular weight excluding hydrogens is 538 g/mol. The number of sulfonamides is 1. The highest BCUT2D eigenvalue weighted by atomic mass is 35.5. The van der Waals surface area contributed by atoms with E-state index in [4.69, 9.17) is 16.3 Å². The van der Waals surface area contributed by atoms with Crippen molar-refractivity contribution < 1.29 is 22.7 Å². The van der Waals surface area contributed by atoms with Crippen molar-refractivity contribution in [2.24, 2.45) is 0 Å². The highest BCUT2D eigenvalue weighted by Crippen LogP contribution is 2.23. The Hall–Kier alpha value is -3.56. The summed E-state index contributed by atoms with van der Waals surface area (Å²) in [6, 6.07) is 21.7. The third-order valence-corrected chi connectivity index (χ3v) is 7.38. The fraction of sp³-hybridized carbons (Fsp3) is 0.310. The Morgan fingerprint density at radius 3 is 2.18 bits per heavy atom. The minimum Gasteiger partial charge on any atom is -0.497 e. The van der Waals surface area contributed by atoms with Gasteiger partial charge in [-0.15, -0.1) is 0 Å². The fourth-order valence-corrected chi connectivity index (χ4v) is 5.10. The Morgan fingerprint density at radius 2 is 1.59 bits per heavy atom. The van der Waals surface area contributed by atoms with E-state index in [0.29, 0.717) is 16.5 Å². The molecule has 0 bridgehead atoms. The van der Waals surface area contributed by atoms with Gasteiger partial charge in [0.2, 0.25) is 21.8 Å². The van der Waals surface area contributed by atoms with Crippen LogP contribution in [-0.4, -0.2) is 57.1 Å². The molecule has 0 aliphatic heterocycles. The Balaban J connectivity index is 2.06. The van der Waals surface area contributed by atoms with Crippen molar-refractivity contribution in [1.29, 1.82) is 0 Å². The number of methoxy groups -OCH3 is 1. The maximum Gasteiger partial charge on any atom is 0.244 e. The second-order valence-electron chi connectivity index (χ2n) is 9.49. The average Bonchev–Trinajstić information content (AvgIpc) is 2.89. The molecule has 0 aliphatic rings. The highest BCUT2D eigenvalue weighted by Gasteiger charge is 2.33. The van der Waals surface area contributed by atoms with Crippen LogP contribution in [0.3, 0.4) is 0 Å². The van der Waals surface area contributed by atoms with E-state index in [1.54, 1.807) is 37.4 Å². The lowest BCUT2D eigenvalue weighted by Gasteiger charge is -2.34. The first kappa shape index (κ1) is 30.0. The zero-order chi connectivity index (χ0) is 28.6. The van der Waals surface area contributed by atoms with Crippen molar-refractivity contribution in [2.45, 2.75) is 38.9 Å². The Morgan fingerprint density at radius 1 is 0.949 bits per heavy atom. The van der Waals surface area contributed by atoms with Crippen LogP contribution in [0.25, 0.3) is 0 Å². The SMILES string of the molecule is COc1cccc(CN(C(=O)CN(c2ccc(Cl)cc2)S(C)(=O)=O)[C@@H](Cc2ccccc2)C(=O)NC(C)C)c1. The monoisotopic (exact) mass is 571 g/mol. The van der Waals surface area contributed by atoms with E-state index in [1.807, 2.05) is 50.2 Å². The maximum atomic E-state index is 14.0. The summed E-state index contributed by atoms with van der Waals surface area (Å²) in [5, 5.41) is 3.36. The van der Waals surface area contributed by atoms with Crippen LogP contribution in [0.15, 0.2) is 78.9 Å². The third-order valence-electron chi connectivity index (χ3n) is 5.98. The minimum atomic E-state index is -3.84. The summed E-state index contributed by atoms with van der Waals surface area (Å²) < 4.78 is 31.9. The van der Waals surface area contributed by atoms with Crippen LogP contribution in [0, 0.1) is 0 Å². The summed E-state index contributed by atoms with van der Waals surface area (Å²) in [4.78, 5) is 29.0. The molecule has 0 heterocycles. The van der Waals surface area contributed by atoms with Gasteiger partial charge in [-0.25, -0.2) is 8.42 Å². The van der Waals surface area contributed by atoms with Crippen molar-refractivity contribution in [3.8, 4) is 5.75 Å². The minimum absolute atomic E-state index is 0.0667. The van der Waals surface area contributed by atoms with E-state index in [2.05, 4.69) is 5.32 Å². The van der Waals surface area contributed by atoms with Gasteiger partial charge in [0.15, 0.2) is 0 Å². The number of rotatable bonds is 12. The summed E-state index contributed by atoms with van der Waals surface area (Å²) >= 11 is 6.00. The summed E-state index contributed by atoms with van der Waals surface area (Å²) in [7, 11) is -2.30. The topological polar surface area (TPSA) is 96.0 Å². The smallest absolute Gasteiger partial charge is 0.244 e. The van der Waals surface area contributed by atoms with Crippen LogP contribution in [0.4, 0.5) is 5.69 Å². The summed E-state index contributed by atoms with van der Waals surface area (Å²) in [6.45, 7) is 3.26. The zero-order valence-electron chi connectivity index (χ0n) is 22.5. The average molecular weight is 572 g/mol. The van der Waals surface area contributed by atoms with Crippen LogP contribution in [0.2, 0.25) is 5.02 Å². The lowest BCUT2D eigenvalue weighted by atomic mass is 10.0. The molecule has 3 aromatic carbocycles. The molecule has 0 saturated heterocycles. The van der Waals surface area contributed by atoms with Gasteiger partial charge in [-0.2, -0.15) is 0 Å². The van der Waals surface area contributed by atoms with Gasteiger partial charge in [-0.3, -0.25) is 13.9 Å². The molecule has 1 atom stereocenters. The predicted molar refractivity (Wildman–Crippen MR) is 154 cm³/mol. The first-order valence-electron chi connectivity index (χ1n) is 12.5. The molecule has 10 heteroatoms. The molecular formula is C29H34ClN3O5S. The fourth-order valence-electron chi connectivity index (χ4n) is 4.12. The van der Waals surface area contributed by atoms with E-state index in [9.17, 15) is 18.0 Å². The van der Waals surface area contributed by atoms with Crippen LogP contribution in [0.5, 0.6) is 5.75 Å². The number of nitrogens with zero attached hydrogens (tertiary/aromatic N) is 2. The number of hydrogen-bond acceptors (Lipinski definition) is 5. The first-order valence-corrected chi connectivity index (χ1v) is 14.7. The quantitative estimate of drug-likeness (QED) is 0.350. The molecule has 208 valence electrons. The lowest BCUT2D eigenvalue weighted by molar-refractivity contribution is -0.140. The molecule has 8 nitrogen and oxygen atoms in total. The van der Waals surface area contributed by atoms with E-state index >= 15 is 0 Å². The molecule has 3 rings (SSSR count). The zero-order valence-corrected chi connectivity index (χ0v) is 24.1. The predicted octanol–water partition coefficient (Wildman–Crippen LogP) is 4.28. The van der Waals surface area contributed by atoms with Crippen LogP contribution >= 0.6 is 11.6 Å². The maximum absolute atomic E-state index is 14.0. The number of carbonyl (C=O) groups excluding carboxylic acids is 2. The molecule has 2 amide bonds. The summed E-state index contributed by atoms with van der Waals surface area (Å²) in [6.07, 6.45) is 1.28. The van der Waals surface area contributed by atoms with Gasteiger partial charge in [0.1, 0.15) is 18.3 Å². The van der Waals surface area contributed by atoms with Gasteiger partial charge in [-0.1, -0.05) is 54.1 Å². The van der Waals surface area contributed by atoms with E-state index in [0.717, 1.165) is 21.7 Å². The lowest BCUT2D eigenvalue weighted by Crippen LogP contribution is -2.54. The van der Waals surface area contributed by atoms with Crippen LogP contribution in [0.1, 0.15) is 25.0 Å². The third kappa shape index (κ3) is 8.73. The molecule has 0 aliphatic carbocycles. The van der Waals surface area contributed by atoms with Crippen LogP contribution in [-0.2, 0) is 32.6 Å². The van der Waals surface area contributed by atoms with Crippen molar-refractivity contribution in [3.63, 3.8) is 0 Å². The second-order valence-corrected chi connectivity index (χ2v) is 11.8.